The number of ether oxygens (including phenoxy) is 1. The molecule has 124 valence electrons. The van der Waals surface area contributed by atoms with E-state index in [-0.39, 0.29) is 0 Å². The highest BCUT2D eigenvalue weighted by atomic mass is 16.5. The lowest BCUT2D eigenvalue weighted by Crippen LogP contribution is -2.29. The van der Waals surface area contributed by atoms with E-state index >= 15 is 0 Å². The van der Waals surface area contributed by atoms with Gasteiger partial charge in [0.15, 0.2) is 0 Å². The molecule has 2 fully saturated rings. The van der Waals surface area contributed by atoms with Crippen molar-refractivity contribution < 1.29 is 4.74 Å². The Morgan fingerprint density at radius 1 is 1.09 bits per heavy atom. The van der Waals surface area contributed by atoms with E-state index in [1.54, 1.807) is 7.11 Å². The predicted octanol–water partition coefficient (Wildman–Crippen LogP) is 3.21. The molecule has 0 amide bonds. The molecule has 0 aromatic carbocycles. The van der Waals surface area contributed by atoms with Gasteiger partial charge >= 0.3 is 0 Å². The number of hydrogen-bond donors (Lipinski definition) is 0. The van der Waals surface area contributed by atoms with Gasteiger partial charge in [0.25, 0.3) is 0 Å². The number of anilines is 1. The number of nitrogens with zero attached hydrogens (tertiary/aromatic N) is 4. The predicted molar refractivity (Wildman–Crippen MR) is 88.3 cm³/mol. The van der Waals surface area contributed by atoms with Crippen molar-refractivity contribution in [3.8, 4) is 0 Å². The van der Waals surface area contributed by atoms with E-state index in [1.807, 2.05) is 0 Å². The summed E-state index contributed by atoms with van der Waals surface area (Å²) in [5.41, 5.74) is 0. The third-order valence-corrected chi connectivity index (χ3v) is 5.46. The minimum Gasteiger partial charge on any atom is -0.383 e. The molecule has 1 saturated carbocycles. The maximum absolute atomic E-state index is 5.31. The fraction of sp³-hybridized carbons (Fsp3) is 0.882. The van der Waals surface area contributed by atoms with Crippen LogP contribution in [0.3, 0.4) is 0 Å². The molecule has 22 heavy (non-hydrogen) atoms. The lowest BCUT2D eigenvalue weighted by molar-refractivity contribution is 0.185. The third-order valence-electron chi connectivity index (χ3n) is 5.46. The molecule has 3 rings (SSSR count). The number of aromatic nitrogens is 3. The second kappa shape index (κ2) is 7.44. The van der Waals surface area contributed by atoms with Crippen LogP contribution in [-0.2, 0) is 11.3 Å². The molecule has 1 aliphatic carbocycles. The van der Waals surface area contributed by atoms with Crippen LogP contribution in [0.5, 0.6) is 0 Å². The quantitative estimate of drug-likeness (QED) is 0.809. The molecule has 1 saturated heterocycles. The monoisotopic (exact) mass is 306 g/mol. The van der Waals surface area contributed by atoms with Gasteiger partial charge in [-0.3, -0.25) is 4.57 Å². The van der Waals surface area contributed by atoms with Gasteiger partial charge in [-0.25, -0.2) is 0 Å². The van der Waals surface area contributed by atoms with Gasteiger partial charge in [-0.2, -0.15) is 0 Å². The Morgan fingerprint density at radius 2 is 1.95 bits per heavy atom. The lowest BCUT2D eigenvalue weighted by atomic mass is 9.85. The van der Waals surface area contributed by atoms with Crippen LogP contribution in [0.2, 0.25) is 0 Å². The Bertz CT molecular complexity index is 469. The van der Waals surface area contributed by atoms with Crippen molar-refractivity contribution in [2.45, 2.75) is 64.3 Å². The summed E-state index contributed by atoms with van der Waals surface area (Å²) >= 11 is 0. The van der Waals surface area contributed by atoms with Gasteiger partial charge in [0, 0.05) is 26.1 Å². The molecule has 0 radical (unpaired) electrons. The topological polar surface area (TPSA) is 43.2 Å². The zero-order chi connectivity index (χ0) is 15.4. The van der Waals surface area contributed by atoms with Gasteiger partial charge in [0.1, 0.15) is 5.82 Å². The highest BCUT2D eigenvalue weighted by Gasteiger charge is 2.28. The summed E-state index contributed by atoms with van der Waals surface area (Å²) in [7, 11) is 1.77. The lowest BCUT2D eigenvalue weighted by Gasteiger charge is -2.27. The van der Waals surface area contributed by atoms with Gasteiger partial charge < -0.3 is 9.64 Å². The van der Waals surface area contributed by atoms with Crippen LogP contribution < -0.4 is 4.90 Å². The van der Waals surface area contributed by atoms with Gasteiger partial charge in [0.2, 0.25) is 5.95 Å². The zero-order valence-electron chi connectivity index (χ0n) is 14.1. The molecule has 0 spiro atoms. The second-order valence-corrected chi connectivity index (χ2v) is 6.82. The minimum absolute atomic E-state index is 0.619. The molecule has 1 unspecified atom stereocenters. The molecule has 1 atom stereocenters. The van der Waals surface area contributed by atoms with Crippen LogP contribution in [0.1, 0.15) is 63.6 Å². The summed E-state index contributed by atoms with van der Waals surface area (Å²) in [6, 6.07) is 0. The van der Waals surface area contributed by atoms with Crippen LogP contribution in [-0.4, -0.2) is 41.6 Å². The first-order chi connectivity index (χ1) is 10.8. The molecule has 2 heterocycles. The number of hydrogen-bond acceptors (Lipinski definition) is 4. The van der Waals surface area contributed by atoms with Crippen molar-refractivity contribution >= 4 is 5.95 Å². The van der Waals surface area contributed by atoms with Crippen LogP contribution in [0, 0.1) is 5.92 Å². The third kappa shape index (κ3) is 3.29. The first kappa shape index (κ1) is 15.8. The Balaban J connectivity index is 1.77. The molecule has 1 aromatic rings. The van der Waals surface area contributed by atoms with Gasteiger partial charge in [0.05, 0.1) is 13.2 Å². The average Bonchev–Trinajstić information content (AvgIpc) is 2.72. The van der Waals surface area contributed by atoms with E-state index in [9.17, 15) is 0 Å². The molecular weight excluding hydrogens is 276 g/mol. The molecule has 5 heteroatoms. The summed E-state index contributed by atoms with van der Waals surface area (Å²) < 4.78 is 7.64. The van der Waals surface area contributed by atoms with Crippen molar-refractivity contribution in [1.29, 1.82) is 0 Å². The SMILES string of the molecule is CCC1CCCN(c2nnc(C3CCC3)n2CCOC)CC1. The van der Waals surface area contributed by atoms with E-state index in [0.29, 0.717) is 5.92 Å². The molecule has 0 bridgehead atoms. The maximum Gasteiger partial charge on any atom is 0.227 e. The Hall–Kier alpha value is -1.10. The van der Waals surface area contributed by atoms with Crippen LogP contribution >= 0.6 is 0 Å². The fourth-order valence-electron chi connectivity index (χ4n) is 3.68. The smallest absolute Gasteiger partial charge is 0.227 e. The summed E-state index contributed by atoms with van der Waals surface area (Å²) in [6.45, 7) is 6.16. The first-order valence-corrected chi connectivity index (χ1v) is 9.00. The van der Waals surface area contributed by atoms with Crippen molar-refractivity contribution in [3.05, 3.63) is 5.82 Å². The Kier molecular flexibility index (Phi) is 5.34. The van der Waals surface area contributed by atoms with E-state index in [1.165, 1.54) is 50.8 Å². The maximum atomic E-state index is 5.31. The molecule has 2 aliphatic rings. The van der Waals surface area contributed by atoms with Crippen molar-refractivity contribution in [1.82, 2.24) is 14.8 Å². The summed E-state index contributed by atoms with van der Waals surface area (Å²) in [5, 5.41) is 9.12. The molecule has 5 nitrogen and oxygen atoms in total. The van der Waals surface area contributed by atoms with Crippen molar-refractivity contribution in [2.24, 2.45) is 5.92 Å². The summed E-state index contributed by atoms with van der Waals surface area (Å²) in [4.78, 5) is 2.46. The van der Waals surface area contributed by atoms with Crippen molar-refractivity contribution in [2.75, 3.05) is 31.7 Å². The number of rotatable bonds is 6. The molecule has 0 N–H and O–H groups in total. The Labute approximate surface area is 134 Å². The number of methoxy groups -OCH3 is 1. The van der Waals surface area contributed by atoms with Gasteiger partial charge in [-0.05, 0) is 38.0 Å². The van der Waals surface area contributed by atoms with Crippen LogP contribution in [0.4, 0.5) is 5.95 Å². The largest absolute Gasteiger partial charge is 0.383 e. The van der Waals surface area contributed by atoms with Crippen LogP contribution in [0.15, 0.2) is 0 Å². The minimum atomic E-state index is 0.619. The highest BCUT2D eigenvalue weighted by Crippen LogP contribution is 2.36. The first-order valence-electron chi connectivity index (χ1n) is 9.00. The van der Waals surface area contributed by atoms with E-state index in [4.69, 9.17) is 4.74 Å². The summed E-state index contributed by atoms with van der Waals surface area (Å²) in [5.74, 6) is 3.77. The molecular formula is C17H30N4O. The van der Waals surface area contributed by atoms with Gasteiger partial charge in [-0.1, -0.05) is 19.8 Å². The van der Waals surface area contributed by atoms with Crippen LogP contribution in [0.25, 0.3) is 0 Å². The highest BCUT2D eigenvalue weighted by molar-refractivity contribution is 5.32. The normalized spacial score (nSPS) is 23.4. The van der Waals surface area contributed by atoms with E-state index in [0.717, 1.165) is 38.1 Å². The fourth-order valence-corrected chi connectivity index (χ4v) is 3.68. The standard InChI is InChI=1S/C17H30N4O/c1-3-14-6-5-10-20(11-9-14)17-19-18-16(15-7-4-8-15)21(17)12-13-22-2/h14-15H,3-13H2,1-2H3. The van der Waals surface area contributed by atoms with E-state index < -0.39 is 0 Å². The average molecular weight is 306 g/mol. The molecule has 1 aliphatic heterocycles. The Morgan fingerprint density at radius 3 is 2.64 bits per heavy atom. The van der Waals surface area contributed by atoms with Gasteiger partial charge in [-0.15, -0.1) is 10.2 Å². The summed E-state index contributed by atoms with van der Waals surface area (Å²) in [6.07, 6.45) is 9.08. The van der Waals surface area contributed by atoms with E-state index in [2.05, 4.69) is 26.6 Å². The second-order valence-electron chi connectivity index (χ2n) is 6.82. The molecule has 1 aromatic heterocycles. The van der Waals surface area contributed by atoms with Crippen molar-refractivity contribution in [3.63, 3.8) is 0 Å². The zero-order valence-corrected chi connectivity index (χ0v) is 14.1.